The minimum atomic E-state index is 0.353. The molecule has 0 spiro atoms. The van der Waals surface area contributed by atoms with E-state index in [0.717, 1.165) is 18.7 Å². The lowest BCUT2D eigenvalue weighted by atomic mass is 10.3. The Morgan fingerprint density at radius 3 is 3.08 bits per heavy atom. The van der Waals surface area contributed by atoms with Crippen LogP contribution in [-0.4, -0.2) is 11.0 Å². The Kier molecular flexibility index (Phi) is 4.12. The SMILES string of the molecule is C=CC(C)NCc1csc(CC)n1. The molecule has 1 N–H and O–H groups in total. The van der Waals surface area contributed by atoms with E-state index in [9.17, 15) is 0 Å². The van der Waals surface area contributed by atoms with Gasteiger partial charge < -0.3 is 5.32 Å². The fourth-order valence-corrected chi connectivity index (χ4v) is 1.69. The van der Waals surface area contributed by atoms with Gasteiger partial charge in [-0.1, -0.05) is 13.0 Å². The molecule has 0 fully saturated rings. The van der Waals surface area contributed by atoms with Crippen molar-refractivity contribution in [1.29, 1.82) is 0 Å². The maximum atomic E-state index is 4.46. The number of hydrogen-bond donors (Lipinski definition) is 1. The highest BCUT2D eigenvalue weighted by Crippen LogP contribution is 2.09. The quantitative estimate of drug-likeness (QED) is 0.731. The monoisotopic (exact) mass is 196 g/mol. The summed E-state index contributed by atoms with van der Waals surface area (Å²) in [5, 5.41) is 6.64. The molecule has 2 nitrogen and oxygen atoms in total. The lowest BCUT2D eigenvalue weighted by molar-refractivity contribution is 0.625. The van der Waals surface area contributed by atoms with Gasteiger partial charge in [-0.25, -0.2) is 4.98 Å². The van der Waals surface area contributed by atoms with E-state index in [-0.39, 0.29) is 0 Å². The summed E-state index contributed by atoms with van der Waals surface area (Å²) >= 11 is 1.73. The van der Waals surface area contributed by atoms with Crippen LogP contribution in [0.4, 0.5) is 0 Å². The first kappa shape index (κ1) is 10.4. The molecule has 72 valence electrons. The summed E-state index contributed by atoms with van der Waals surface area (Å²) in [6.07, 6.45) is 2.93. The molecule has 0 saturated carbocycles. The topological polar surface area (TPSA) is 24.9 Å². The van der Waals surface area contributed by atoms with E-state index in [4.69, 9.17) is 0 Å². The van der Waals surface area contributed by atoms with Crippen molar-refractivity contribution in [2.75, 3.05) is 0 Å². The number of aryl methyl sites for hydroxylation is 1. The van der Waals surface area contributed by atoms with Crippen molar-refractivity contribution in [1.82, 2.24) is 10.3 Å². The van der Waals surface area contributed by atoms with Gasteiger partial charge in [-0.05, 0) is 13.3 Å². The normalized spacial score (nSPS) is 12.8. The lowest BCUT2D eigenvalue weighted by Gasteiger charge is -2.05. The highest BCUT2D eigenvalue weighted by molar-refractivity contribution is 7.09. The Balaban J connectivity index is 2.40. The van der Waals surface area contributed by atoms with Crippen LogP contribution in [-0.2, 0) is 13.0 Å². The molecule has 1 heterocycles. The van der Waals surface area contributed by atoms with Gasteiger partial charge in [0.25, 0.3) is 0 Å². The molecule has 0 amide bonds. The molecule has 0 aliphatic carbocycles. The van der Waals surface area contributed by atoms with Crippen LogP contribution in [0.1, 0.15) is 24.5 Å². The van der Waals surface area contributed by atoms with Crippen LogP contribution in [0.25, 0.3) is 0 Å². The number of nitrogens with zero attached hydrogens (tertiary/aromatic N) is 1. The second kappa shape index (κ2) is 5.14. The second-order valence-electron chi connectivity index (χ2n) is 2.99. The number of hydrogen-bond acceptors (Lipinski definition) is 3. The molecule has 1 unspecified atom stereocenters. The van der Waals surface area contributed by atoms with E-state index in [1.54, 1.807) is 11.3 Å². The van der Waals surface area contributed by atoms with Gasteiger partial charge in [-0.15, -0.1) is 17.9 Å². The number of aromatic nitrogens is 1. The maximum Gasteiger partial charge on any atom is 0.0926 e. The largest absolute Gasteiger partial charge is 0.305 e. The Morgan fingerprint density at radius 2 is 2.54 bits per heavy atom. The molecule has 3 heteroatoms. The molecule has 1 aromatic heterocycles. The van der Waals surface area contributed by atoms with Crippen molar-refractivity contribution in [3.63, 3.8) is 0 Å². The summed E-state index contributed by atoms with van der Waals surface area (Å²) in [4.78, 5) is 4.46. The van der Waals surface area contributed by atoms with Crippen LogP contribution in [0, 0.1) is 0 Å². The Bertz CT molecular complexity index is 268. The van der Waals surface area contributed by atoms with Crippen LogP contribution >= 0.6 is 11.3 Å². The van der Waals surface area contributed by atoms with Gasteiger partial charge in [0.15, 0.2) is 0 Å². The van der Waals surface area contributed by atoms with Crippen LogP contribution < -0.4 is 5.32 Å². The van der Waals surface area contributed by atoms with E-state index >= 15 is 0 Å². The minimum absolute atomic E-state index is 0.353. The van der Waals surface area contributed by atoms with E-state index in [1.807, 2.05) is 6.08 Å². The summed E-state index contributed by atoms with van der Waals surface area (Å²) in [5.41, 5.74) is 1.13. The average Bonchev–Trinajstić information content (AvgIpc) is 2.61. The van der Waals surface area contributed by atoms with Crippen molar-refractivity contribution in [2.45, 2.75) is 32.9 Å². The van der Waals surface area contributed by atoms with Crippen LogP contribution in [0.3, 0.4) is 0 Å². The van der Waals surface area contributed by atoms with Crippen molar-refractivity contribution in [3.8, 4) is 0 Å². The number of nitrogens with one attached hydrogen (secondary N) is 1. The van der Waals surface area contributed by atoms with Crippen molar-refractivity contribution < 1.29 is 0 Å². The second-order valence-corrected chi connectivity index (χ2v) is 3.93. The van der Waals surface area contributed by atoms with Crippen molar-refractivity contribution in [2.24, 2.45) is 0 Å². The Hall–Kier alpha value is -0.670. The molecule has 0 aromatic carbocycles. The van der Waals surface area contributed by atoms with E-state index < -0.39 is 0 Å². The Morgan fingerprint density at radius 1 is 1.77 bits per heavy atom. The lowest BCUT2D eigenvalue weighted by Crippen LogP contribution is -2.23. The van der Waals surface area contributed by atoms with Crippen LogP contribution in [0.5, 0.6) is 0 Å². The van der Waals surface area contributed by atoms with Crippen LogP contribution in [0.15, 0.2) is 18.0 Å². The van der Waals surface area contributed by atoms with E-state index in [2.05, 4.69) is 36.1 Å². The zero-order valence-electron chi connectivity index (χ0n) is 8.21. The van der Waals surface area contributed by atoms with Gasteiger partial charge >= 0.3 is 0 Å². The molecule has 13 heavy (non-hydrogen) atoms. The average molecular weight is 196 g/mol. The summed E-state index contributed by atoms with van der Waals surface area (Å²) in [6.45, 7) is 8.76. The minimum Gasteiger partial charge on any atom is -0.305 e. The molecular weight excluding hydrogens is 180 g/mol. The smallest absolute Gasteiger partial charge is 0.0926 e. The van der Waals surface area contributed by atoms with Gasteiger partial charge in [0.2, 0.25) is 0 Å². The number of thiazole rings is 1. The van der Waals surface area contributed by atoms with Crippen LogP contribution in [0.2, 0.25) is 0 Å². The molecule has 0 radical (unpaired) electrons. The molecular formula is C10H16N2S. The van der Waals surface area contributed by atoms with Crippen molar-refractivity contribution >= 4 is 11.3 Å². The fraction of sp³-hybridized carbons (Fsp3) is 0.500. The molecule has 0 bridgehead atoms. The standard InChI is InChI=1S/C10H16N2S/c1-4-8(3)11-6-9-7-13-10(5-2)12-9/h4,7-8,11H,1,5-6H2,2-3H3. The van der Waals surface area contributed by atoms with E-state index in [1.165, 1.54) is 5.01 Å². The third kappa shape index (κ3) is 3.28. The third-order valence-corrected chi connectivity index (χ3v) is 2.90. The first-order valence-electron chi connectivity index (χ1n) is 4.55. The summed E-state index contributed by atoms with van der Waals surface area (Å²) in [5.74, 6) is 0. The fourth-order valence-electron chi connectivity index (χ4n) is 0.941. The molecule has 0 aliphatic heterocycles. The predicted octanol–water partition coefficient (Wildman–Crippen LogP) is 2.37. The maximum absolute atomic E-state index is 4.46. The first-order valence-corrected chi connectivity index (χ1v) is 5.43. The van der Waals surface area contributed by atoms with Gasteiger partial charge in [-0.3, -0.25) is 0 Å². The number of rotatable bonds is 5. The van der Waals surface area contributed by atoms with Gasteiger partial charge in [-0.2, -0.15) is 0 Å². The zero-order valence-corrected chi connectivity index (χ0v) is 9.03. The van der Waals surface area contributed by atoms with Crippen molar-refractivity contribution in [3.05, 3.63) is 28.7 Å². The van der Waals surface area contributed by atoms with Gasteiger partial charge in [0.05, 0.1) is 10.7 Å². The van der Waals surface area contributed by atoms with Gasteiger partial charge in [0, 0.05) is 18.0 Å². The first-order chi connectivity index (χ1) is 6.26. The highest BCUT2D eigenvalue weighted by Gasteiger charge is 2.00. The molecule has 0 saturated heterocycles. The highest BCUT2D eigenvalue weighted by atomic mass is 32.1. The van der Waals surface area contributed by atoms with Gasteiger partial charge in [0.1, 0.15) is 0 Å². The molecule has 1 rings (SSSR count). The molecule has 0 aliphatic rings. The summed E-state index contributed by atoms with van der Waals surface area (Å²) in [7, 11) is 0. The molecule has 1 aromatic rings. The summed E-state index contributed by atoms with van der Waals surface area (Å²) in [6, 6.07) is 0.353. The van der Waals surface area contributed by atoms with E-state index in [0.29, 0.717) is 6.04 Å². The Labute approximate surface area is 83.7 Å². The predicted molar refractivity (Wildman–Crippen MR) is 58.0 cm³/mol. The zero-order chi connectivity index (χ0) is 9.68. The third-order valence-electron chi connectivity index (χ3n) is 1.86. The summed E-state index contributed by atoms with van der Waals surface area (Å²) < 4.78 is 0. The molecule has 1 atom stereocenters.